The van der Waals surface area contributed by atoms with Gasteiger partial charge in [0.25, 0.3) is 5.56 Å². The van der Waals surface area contributed by atoms with Crippen molar-refractivity contribution in [2.24, 2.45) is 0 Å². The van der Waals surface area contributed by atoms with Crippen LogP contribution in [-0.4, -0.2) is 28.0 Å². The normalized spacial score (nSPS) is 11.1. The third kappa shape index (κ3) is 5.68. The van der Waals surface area contributed by atoms with E-state index in [4.69, 9.17) is 11.6 Å². The second kappa shape index (κ2) is 9.72. The maximum Gasteiger partial charge on any atom is 0.256 e. The minimum absolute atomic E-state index is 0.131. The first-order chi connectivity index (χ1) is 14.0. The van der Waals surface area contributed by atoms with Gasteiger partial charge in [0.1, 0.15) is 0 Å². The maximum absolute atomic E-state index is 12.6. The van der Waals surface area contributed by atoms with Crippen LogP contribution in [0.15, 0.2) is 53.3 Å². The number of hydrogen-bond acceptors (Lipinski definition) is 4. The minimum atomic E-state index is -0.131. The molecule has 2 aromatic carbocycles. The topological polar surface area (TPSA) is 61.0 Å². The number of halogens is 1. The highest BCUT2D eigenvalue weighted by molar-refractivity contribution is 6.30. The SMILES string of the molecule is CCN(CC)Cc1ccc(Nc2nc(C)c(Cc3ccc(Cl)cc3)c(=O)[nH]2)cc1. The lowest BCUT2D eigenvalue weighted by Crippen LogP contribution is -2.22. The van der Waals surface area contributed by atoms with Gasteiger partial charge in [-0.15, -0.1) is 0 Å². The summed E-state index contributed by atoms with van der Waals surface area (Å²) in [4.78, 5) is 22.4. The van der Waals surface area contributed by atoms with Crippen LogP contribution < -0.4 is 10.9 Å². The van der Waals surface area contributed by atoms with E-state index < -0.39 is 0 Å². The number of benzene rings is 2. The first-order valence-electron chi connectivity index (χ1n) is 9.91. The third-order valence-electron chi connectivity index (χ3n) is 5.03. The lowest BCUT2D eigenvalue weighted by atomic mass is 10.1. The van der Waals surface area contributed by atoms with E-state index in [0.717, 1.165) is 30.9 Å². The first kappa shape index (κ1) is 21.1. The molecule has 2 N–H and O–H groups in total. The highest BCUT2D eigenvalue weighted by atomic mass is 35.5. The van der Waals surface area contributed by atoms with Gasteiger partial charge in [0, 0.05) is 29.2 Å². The van der Waals surface area contributed by atoms with Gasteiger partial charge in [-0.25, -0.2) is 4.98 Å². The Balaban J connectivity index is 1.72. The highest BCUT2D eigenvalue weighted by Gasteiger charge is 2.10. The van der Waals surface area contributed by atoms with Gasteiger partial charge in [-0.2, -0.15) is 0 Å². The van der Waals surface area contributed by atoms with Crippen molar-refractivity contribution in [2.45, 2.75) is 33.7 Å². The van der Waals surface area contributed by atoms with Gasteiger partial charge in [-0.1, -0.05) is 49.7 Å². The van der Waals surface area contributed by atoms with Crippen molar-refractivity contribution in [3.63, 3.8) is 0 Å². The molecule has 1 aromatic heterocycles. The molecule has 152 valence electrons. The van der Waals surface area contributed by atoms with Crippen LogP contribution in [-0.2, 0) is 13.0 Å². The van der Waals surface area contributed by atoms with E-state index in [9.17, 15) is 4.79 Å². The average Bonchev–Trinajstić information content (AvgIpc) is 2.71. The molecule has 0 saturated carbocycles. The van der Waals surface area contributed by atoms with Crippen LogP contribution in [0.3, 0.4) is 0 Å². The van der Waals surface area contributed by atoms with Crippen molar-refractivity contribution in [2.75, 3.05) is 18.4 Å². The van der Waals surface area contributed by atoms with Crippen LogP contribution in [0.25, 0.3) is 0 Å². The lowest BCUT2D eigenvalue weighted by Gasteiger charge is -2.18. The summed E-state index contributed by atoms with van der Waals surface area (Å²) in [5, 5.41) is 3.88. The van der Waals surface area contributed by atoms with Gasteiger partial charge < -0.3 is 5.32 Å². The molecule has 0 bridgehead atoms. The molecule has 3 rings (SSSR count). The van der Waals surface area contributed by atoms with Crippen LogP contribution in [0.5, 0.6) is 0 Å². The second-order valence-electron chi connectivity index (χ2n) is 7.07. The predicted octanol–water partition coefficient (Wildman–Crippen LogP) is 4.91. The Hall–Kier alpha value is -2.63. The zero-order valence-corrected chi connectivity index (χ0v) is 17.9. The molecular formula is C23H27ClN4O. The smallest absolute Gasteiger partial charge is 0.256 e. The van der Waals surface area contributed by atoms with Gasteiger partial charge >= 0.3 is 0 Å². The Kier molecular flexibility index (Phi) is 7.07. The highest BCUT2D eigenvalue weighted by Crippen LogP contribution is 2.17. The quantitative estimate of drug-likeness (QED) is 0.554. The Morgan fingerprint density at radius 3 is 2.21 bits per heavy atom. The van der Waals surface area contributed by atoms with Crippen LogP contribution in [0.2, 0.25) is 5.02 Å². The van der Waals surface area contributed by atoms with Crippen LogP contribution in [0, 0.1) is 6.92 Å². The van der Waals surface area contributed by atoms with E-state index in [2.05, 4.69) is 46.2 Å². The number of aryl methyl sites for hydroxylation is 1. The summed E-state index contributed by atoms with van der Waals surface area (Å²) in [6, 6.07) is 15.7. The molecule has 0 radical (unpaired) electrons. The largest absolute Gasteiger partial charge is 0.326 e. The zero-order chi connectivity index (χ0) is 20.8. The number of aromatic amines is 1. The van der Waals surface area contributed by atoms with Gasteiger partial charge in [0.15, 0.2) is 0 Å². The molecule has 0 aliphatic rings. The number of H-pyrrole nitrogens is 1. The molecule has 0 atom stereocenters. The summed E-state index contributed by atoms with van der Waals surface area (Å²) in [7, 11) is 0. The van der Waals surface area contributed by atoms with Crippen molar-refractivity contribution in [1.29, 1.82) is 0 Å². The Morgan fingerprint density at radius 1 is 1.00 bits per heavy atom. The van der Waals surface area contributed by atoms with Crippen molar-refractivity contribution in [3.8, 4) is 0 Å². The summed E-state index contributed by atoms with van der Waals surface area (Å²) >= 11 is 5.93. The Labute approximate surface area is 176 Å². The van der Waals surface area contributed by atoms with E-state index in [1.165, 1.54) is 5.56 Å². The molecule has 29 heavy (non-hydrogen) atoms. The van der Waals surface area contributed by atoms with E-state index in [1.54, 1.807) is 0 Å². The second-order valence-corrected chi connectivity index (χ2v) is 7.50. The van der Waals surface area contributed by atoms with Crippen LogP contribution in [0.1, 0.15) is 36.2 Å². The molecule has 6 heteroatoms. The zero-order valence-electron chi connectivity index (χ0n) is 17.1. The number of nitrogens with zero attached hydrogens (tertiary/aromatic N) is 2. The maximum atomic E-state index is 12.6. The molecule has 1 heterocycles. The van der Waals surface area contributed by atoms with E-state index in [1.807, 2.05) is 43.3 Å². The number of hydrogen-bond donors (Lipinski definition) is 2. The summed E-state index contributed by atoms with van der Waals surface area (Å²) in [6.07, 6.45) is 0.520. The van der Waals surface area contributed by atoms with E-state index in [-0.39, 0.29) is 5.56 Å². The molecule has 0 fully saturated rings. The lowest BCUT2D eigenvalue weighted by molar-refractivity contribution is 0.296. The average molecular weight is 411 g/mol. The molecule has 0 saturated heterocycles. The number of aromatic nitrogens is 2. The molecule has 0 spiro atoms. The minimum Gasteiger partial charge on any atom is -0.326 e. The summed E-state index contributed by atoms with van der Waals surface area (Å²) in [5.74, 6) is 0.448. The molecule has 0 aliphatic carbocycles. The fraction of sp³-hybridized carbons (Fsp3) is 0.304. The third-order valence-corrected chi connectivity index (χ3v) is 5.29. The Bertz CT molecular complexity index is 993. The predicted molar refractivity (Wildman–Crippen MR) is 120 cm³/mol. The number of anilines is 2. The summed E-state index contributed by atoms with van der Waals surface area (Å²) in [5.41, 5.74) is 4.41. The van der Waals surface area contributed by atoms with Gasteiger partial charge in [0.05, 0.1) is 5.69 Å². The van der Waals surface area contributed by atoms with Gasteiger partial charge in [0.2, 0.25) is 5.95 Å². The molecule has 0 unspecified atom stereocenters. The van der Waals surface area contributed by atoms with Crippen LogP contribution in [0.4, 0.5) is 11.6 Å². The van der Waals surface area contributed by atoms with Crippen molar-refractivity contribution < 1.29 is 0 Å². The van der Waals surface area contributed by atoms with Gasteiger partial charge in [-0.3, -0.25) is 14.7 Å². The van der Waals surface area contributed by atoms with Crippen molar-refractivity contribution in [3.05, 3.63) is 86.3 Å². The molecule has 3 aromatic rings. The standard InChI is InChI=1S/C23H27ClN4O/c1-4-28(5-2)15-18-8-12-20(13-9-18)26-23-25-16(3)21(22(29)27-23)14-17-6-10-19(24)11-7-17/h6-13H,4-5,14-15H2,1-3H3,(H2,25,26,27,29). The van der Waals surface area contributed by atoms with Crippen molar-refractivity contribution in [1.82, 2.24) is 14.9 Å². The molecule has 5 nitrogen and oxygen atoms in total. The monoisotopic (exact) mass is 410 g/mol. The Morgan fingerprint density at radius 2 is 1.62 bits per heavy atom. The van der Waals surface area contributed by atoms with Crippen LogP contribution >= 0.6 is 11.6 Å². The summed E-state index contributed by atoms with van der Waals surface area (Å²) < 4.78 is 0. The van der Waals surface area contributed by atoms with E-state index >= 15 is 0 Å². The number of nitrogens with one attached hydrogen (secondary N) is 2. The molecule has 0 aliphatic heterocycles. The first-order valence-corrected chi connectivity index (χ1v) is 10.3. The number of rotatable bonds is 8. The molecule has 0 amide bonds. The van der Waals surface area contributed by atoms with Gasteiger partial charge in [-0.05, 0) is 55.4 Å². The van der Waals surface area contributed by atoms with E-state index in [0.29, 0.717) is 28.6 Å². The fourth-order valence-corrected chi connectivity index (χ4v) is 3.35. The summed E-state index contributed by atoms with van der Waals surface area (Å²) in [6.45, 7) is 9.19. The molecular weight excluding hydrogens is 384 g/mol. The fourth-order valence-electron chi connectivity index (χ4n) is 3.22. The van der Waals surface area contributed by atoms with Crippen molar-refractivity contribution >= 4 is 23.2 Å².